The van der Waals surface area contributed by atoms with Crippen molar-refractivity contribution < 1.29 is 8.42 Å². The Bertz CT molecular complexity index is 634. The maximum atomic E-state index is 11.0. The number of rotatable bonds is 4. The van der Waals surface area contributed by atoms with Gasteiger partial charge in [-0.2, -0.15) is 0 Å². The topological polar surface area (TPSA) is 85.1 Å². The molecule has 0 unspecified atom stereocenters. The van der Waals surface area contributed by atoms with E-state index in [9.17, 15) is 8.42 Å². The third-order valence-corrected chi connectivity index (χ3v) is 4.08. The van der Waals surface area contributed by atoms with E-state index in [-0.39, 0.29) is 5.75 Å². The average molecular weight is 271 g/mol. The average Bonchev–Trinajstić information content (AvgIpc) is 2.57. The van der Waals surface area contributed by atoms with Crippen molar-refractivity contribution in [3.63, 3.8) is 0 Å². The van der Waals surface area contributed by atoms with E-state index in [0.29, 0.717) is 17.4 Å². The summed E-state index contributed by atoms with van der Waals surface area (Å²) in [6, 6.07) is 5.50. The number of benzene rings is 1. The van der Waals surface area contributed by atoms with Crippen LogP contribution in [0.25, 0.3) is 10.2 Å². The summed E-state index contributed by atoms with van der Waals surface area (Å²) in [5.41, 5.74) is 7.23. The lowest BCUT2D eigenvalue weighted by Crippen LogP contribution is -2.13. The quantitative estimate of drug-likeness (QED) is 0.820. The Labute approximate surface area is 104 Å². The smallest absolute Gasteiger partial charge is 0.183 e. The van der Waals surface area contributed by atoms with Crippen LogP contribution in [0.3, 0.4) is 0 Å². The lowest BCUT2D eigenvalue weighted by atomic mass is 10.3. The molecular formula is C10H13N3O2S2. The molecule has 0 fully saturated rings. The Morgan fingerprint density at radius 3 is 2.94 bits per heavy atom. The molecule has 0 atom stereocenters. The Hall–Kier alpha value is -1.34. The number of sulfone groups is 1. The fourth-order valence-corrected chi connectivity index (χ4v) is 2.77. The largest absolute Gasteiger partial charge is 0.399 e. The monoisotopic (exact) mass is 271 g/mol. The van der Waals surface area contributed by atoms with Crippen molar-refractivity contribution in [3.05, 3.63) is 18.2 Å². The molecule has 0 aliphatic carbocycles. The Morgan fingerprint density at radius 1 is 1.47 bits per heavy atom. The molecular weight excluding hydrogens is 258 g/mol. The van der Waals surface area contributed by atoms with Crippen LogP contribution in [0, 0.1) is 0 Å². The third-order valence-electron chi connectivity index (χ3n) is 2.16. The second-order valence-corrected chi connectivity index (χ2v) is 7.09. The molecule has 1 aromatic heterocycles. The summed E-state index contributed by atoms with van der Waals surface area (Å²) in [6.45, 7) is 0.369. The van der Waals surface area contributed by atoms with Gasteiger partial charge in [-0.3, -0.25) is 0 Å². The van der Waals surface area contributed by atoms with Crippen LogP contribution in [0.2, 0.25) is 0 Å². The highest BCUT2D eigenvalue weighted by molar-refractivity contribution is 7.90. The number of nitrogens with one attached hydrogen (secondary N) is 1. The van der Waals surface area contributed by atoms with Crippen molar-refractivity contribution in [1.29, 1.82) is 0 Å². The van der Waals surface area contributed by atoms with Gasteiger partial charge in [-0.1, -0.05) is 11.3 Å². The van der Waals surface area contributed by atoms with Crippen molar-refractivity contribution in [1.82, 2.24) is 4.98 Å². The molecule has 5 nitrogen and oxygen atoms in total. The van der Waals surface area contributed by atoms with E-state index in [0.717, 1.165) is 10.2 Å². The molecule has 7 heteroatoms. The molecule has 0 saturated heterocycles. The number of nitrogens with two attached hydrogens (primary N) is 1. The van der Waals surface area contributed by atoms with Crippen molar-refractivity contribution in [2.45, 2.75) is 0 Å². The molecule has 2 aromatic rings. The lowest BCUT2D eigenvalue weighted by Gasteiger charge is -1.99. The molecule has 0 bridgehead atoms. The maximum Gasteiger partial charge on any atom is 0.183 e. The minimum Gasteiger partial charge on any atom is -0.399 e. The summed E-state index contributed by atoms with van der Waals surface area (Å²) in [7, 11) is -2.94. The zero-order valence-corrected chi connectivity index (χ0v) is 10.9. The van der Waals surface area contributed by atoms with Crippen molar-refractivity contribution >= 4 is 42.2 Å². The van der Waals surface area contributed by atoms with Gasteiger partial charge in [0, 0.05) is 18.5 Å². The van der Waals surface area contributed by atoms with Crippen LogP contribution >= 0.6 is 11.3 Å². The van der Waals surface area contributed by atoms with Gasteiger partial charge in [0.25, 0.3) is 0 Å². The van der Waals surface area contributed by atoms with Crippen molar-refractivity contribution in [2.75, 3.05) is 29.6 Å². The summed E-state index contributed by atoms with van der Waals surface area (Å²) in [6.07, 6.45) is 1.22. The summed E-state index contributed by atoms with van der Waals surface area (Å²) in [5, 5.41) is 3.71. The number of hydrogen-bond acceptors (Lipinski definition) is 6. The first-order valence-electron chi connectivity index (χ1n) is 5.02. The summed E-state index contributed by atoms with van der Waals surface area (Å²) < 4.78 is 22.9. The van der Waals surface area contributed by atoms with Gasteiger partial charge in [0.2, 0.25) is 0 Å². The van der Waals surface area contributed by atoms with Crippen LogP contribution in [0.5, 0.6) is 0 Å². The molecule has 0 aliphatic rings. The molecule has 0 amide bonds. The highest BCUT2D eigenvalue weighted by Gasteiger charge is 2.05. The third kappa shape index (κ3) is 3.31. The fourth-order valence-electron chi connectivity index (χ4n) is 1.36. The summed E-state index contributed by atoms with van der Waals surface area (Å²) in [5.74, 6) is 0.102. The van der Waals surface area contributed by atoms with Gasteiger partial charge in [0.05, 0.1) is 16.0 Å². The molecule has 0 radical (unpaired) electrons. The number of nitrogens with zero attached hydrogens (tertiary/aromatic N) is 1. The normalized spacial score (nSPS) is 11.8. The lowest BCUT2D eigenvalue weighted by molar-refractivity contribution is 0.602. The van der Waals surface area contributed by atoms with Gasteiger partial charge in [-0.05, 0) is 18.2 Å². The first kappa shape index (κ1) is 12.1. The van der Waals surface area contributed by atoms with Gasteiger partial charge in [0.1, 0.15) is 9.84 Å². The first-order valence-corrected chi connectivity index (χ1v) is 7.89. The maximum absolute atomic E-state index is 11.0. The minimum absolute atomic E-state index is 0.102. The predicted molar refractivity (Wildman–Crippen MR) is 72.2 cm³/mol. The Balaban J connectivity index is 2.09. The molecule has 1 aromatic carbocycles. The molecule has 2 rings (SSSR count). The minimum atomic E-state index is -2.94. The van der Waals surface area contributed by atoms with Crippen LogP contribution in [0.1, 0.15) is 0 Å². The van der Waals surface area contributed by atoms with Crippen LogP contribution in [0.4, 0.5) is 10.8 Å². The van der Waals surface area contributed by atoms with Crippen molar-refractivity contribution in [3.8, 4) is 0 Å². The predicted octanol–water partition coefficient (Wildman–Crippen LogP) is 1.33. The second-order valence-electron chi connectivity index (χ2n) is 3.80. The molecule has 0 aliphatic heterocycles. The van der Waals surface area contributed by atoms with Gasteiger partial charge in [-0.15, -0.1) is 0 Å². The van der Waals surface area contributed by atoms with E-state index in [2.05, 4.69) is 10.3 Å². The van der Waals surface area contributed by atoms with Crippen LogP contribution in [0.15, 0.2) is 18.2 Å². The van der Waals surface area contributed by atoms with Crippen LogP contribution in [-0.4, -0.2) is 32.0 Å². The summed E-state index contributed by atoms with van der Waals surface area (Å²) in [4.78, 5) is 4.33. The van der Waals surface area contributed by atoms with E-state index in [4.69, 9.17) is 5.73 Å². The molecule has 0 saturated carbocycles. The number of nitrogen functional groups attached to an aromatic ring is 1. The zero-order chi connectivity index (χ0) is 12.5. The molecule has 92 valence electrons. The number of anilines is 2. The first-order chi connectivity index (χ1) is 7.94. The number of hydrogen-bond donors (Lipinski definition) is 2. The Kier molecular flexibility index (Phi) is 3.21. The van der Waals surface area contributed by atoms with E-state index in [1.807, 2.05) is 12.1 Å². The van der Waals surface area contributed by atoms with Crippen molar-refractivity contribution in [2.24, 2.45) is 0 Å². The molecule has 1 heterocycles. The standard InChI is InChI=1S/C10H13N3O2S2/c1-17(14,15)5-4-12-10-13-8-3-2-7(11)6-9(8)16-10/h2-3,6H,4-5,11H2,1H3,(H,12,13). The number of fused-ring (bicyclic) bond motifs is 1. The van der Waals surface area contributed by atoms with Crippen LogP contribution < -0.4 is 11.1 Å². The van der Waals surface area contributed by atoms with Gasteiger partial charge in [0.15, 0.2) is 5.13 Å². The second kappa shape index (κ2) is 4.50. The molecule has 17 heavy (non-hydrogen) atoms. The highest BCUT2D eigenvalue weighted by atomic mass is 32.2. The summed E-state index contributed by atoms with van der Waals surface area (Å²) >= 11 is 1.46. The zero-order valence-electron chi connectivity index (χ0n) is 9.30. The Morgan fingerprint density at radius 2 is 2.24 bits per heavy atom. The number of aromatic nitrogens is 1. The van der Waals surface area contributed by atoms with Gasteiger partial charge < -0.3 is 11.1 Å². The van der Waals surface area contributed by atoms with Crippen LogP contribution in [-0.2, 0) is 9.84 Å². The van der Waals surface area contributed by atoms with E-state index < -0.39 is 9.84 Å². The highest BCUT2D eigenvalue weighted by Crippen LogP contribution is 2.27. The SMILES string of the molecule is CS(=O)(=O)CCNc1nc2ccc(N)cc2s1. The van der Waals surface area contributed by atoms with Gasteiger partial charge >= 0.3 is 0 Å². The van der Waals surface area contributed by atoms with E-state index in [1.165, 1.54) is 17.6 Å². The fraction of sp³-hybridized carbons (Fsp3) is 0.300. The van der Waals surface area contributed by atoms with E-state index >= 15 is 0 Å². The number of thiazole rings is 1. The van der Waals surface area contributed by atoms with Gasteiger partial charge in [-0.25, -0.2) is 13.4 Å². The molecule has 3 N–H and O–H groups in total. The molecule has 0 spiro atoms. The van der Waals surface area contributed by atoms with E-state index in [1.54, 1.807) is 6.07 Å².